The molecule has 0 aromatic heterocycles. The molecule has 0 aliphatic carbocycles. The molecule has 6 rings (SSSR count). The molecule has 0 radical (unpaired) electrons. The largest absolute Gasteiger partial charge is 0.372 e. The van der Waals surface area contributed by atoms with Crippen LogP contribution in [-0.4, -0.2) is 78.7 Å². The molecule has 4 heterocycles. The Balaban J connectivity index is 0.950. The van der Waals surface area contributed by atoms with Gasteiger partial charge in [-0.15, -0.1) is 0 Å². The van der Waals surface area contributed by atoms with Crippen LogP contribution in [0.1, 0.15) is 89.6 Å². The van der Waals surface area contributed by atoms with E-state index in [0.29, 0.717) is 35.9 Å². The summed E-state index contributed by atoms with van der Waals surface area (Å²) in [6, 6.07) is 13.6. The van der Waals surface area contributed by atoms with Crippen LogP contribution in [0.4, 0.5) is 5.69 Å². The van der Waals surface area contributed by atoms with Gasteiger partial charge in [0.2, 0.25) is 11.8 Å². The molecule has 3 saturated heterocycles. The molecule has 2 aromatic rings. The van der Waals surface area contributed by atoms with Crippen molar-refractivity contribution in [3.63, 3.8) is 0 Å². The summed E-state index contributed by atoms with van der Waals surface area (Å²) < 4.78 is 0. The lowest BCUT2D eigenvalue weighted by atomic mass is 9.88. The Labute approximate surface area is 259 Å². The molecule has 3 fully saturated rings. The smallest absolute Gasteiger partial charge is 0.265 e. The van der Waals surface area contributed by atoms with Gasteiger partial charge in [-0.2, -0.15) is 0 Å². The molecule has 3 N–H and O–H groups in total. The van der Waals surface area contributed by atoms with Crippen molar-refractivity contribution in [2.24, 2.45) is 5.92 Å². The van der Waals surface area contributed by atoms with Gasteiger partial charge in [0.15, 0.2) is 0 Å². The molecular formula is C34H44N6O4. The topological polar surface area (TPSA) is 114 Å². The second kappa shape index (κ2) is 13.5. The van der Waals surface area contributed by atoms with E-state index in [2.05, 4.69) is 51.1 Å². The Bertz CT molecular complexity index is 1380. The second-order valence-corrected chi connectivity index (χ2v) is 12.7. The highest BCUT2D eigenvalue weighted by molar-refractivity contribution is 6.05. The number of rotatable bonds is 9. The summed E-state index contributed by atoms with van der Waals surface area (Å²) in [6.45, 7) is 8.59. The van der Waals surface area contributed by atoms with Gasteiger partial charge in [-0.3, -0.25) is 29.9 Å². The molecule has 0 bridgehead atoms. The van der Waals surface area contributed by atoms with Gasteiger partial charge >= 0.3 is 0 Å². The molecule has 4 aliphatic rings. The Kier molecular flexibility index (Phi) is 9.28. The van der Waals surface area contributed by atoms with Crippen molar-refractivity contribution in [2.45, 2.75) is 70.4 Å². The maximum absolute atomic E-state index is 13.0. The highest BCUT2D eigenvalue weighted by atomic mass is 16.2. The zero-order chi connectivity index (χ0) is 30.6. The lowest BCUT2D eigenvalue weighted by Crippen LogP contribution is -2.52. The second-order valence-electron chi connectivity index (χ2n) is 12.7. The molecule has 1 atom stereocenters. The summed E-state index contributed by atoms with van der Waals surface area (Å²) in [5, 5.41) is 2.37. The number of hydrogen-bond acceptors (Lipinski definition) is 7. The maximum Gasteiger partial charge on any atom is 0.265 e. The lowest BCUT2D eigenvalue weighted by Gasteiger charge is -2.38. The molecule has 0 saturated carbocycles. The monoisotopic (exact) mass is 600 g/mol. The minimum Gasteiger partial charge on any atom is -0.372 e. The summed E-state index contributed by atoms with van der Waals surface area (Å²) in [5.74, 6) is 0.374. The standard InChI is InChI=1S/C34H44N6O4/c1-2-15-35-37-32(42)26-5-3-24(4-6-26)25-13-16-38(17-14-25)21-23-11-18-39(19-12-23)28-7-8-29-27(20-28)22-40(34(29)44)30-9-10-31(41)36-33(30)43/h3-8,20,23,25,30,35H,2,9-19,21-22H2,1H3,(H,37,42)(H,36,41,43). The van der Waals surface area contributed by atoms with Crippen LogP contribution >= 0.6 is 0 Å². The fourth-order valence-electron chi connectivity index (χ4n) is 7.19. The van der Waals surface area contributed by atoms with Crippen LogP contribution in [-0.2, 0) is 16.1 Å². The normalized spacial score (nSPS) is 21.8. The van der Waals surface area contributed by atoms with Crippen LogP contribution in [0.5, 0.6) is 0 Å². The number of hydrogen-bond donors (Lipinski definition) is 3. The summed E-state index contributed by atoms with van der Waals surface area (Å²) in [7, 11) is 0. The van der Waals surface area contributed by atoms with Gasteiger partial charge in [0.25, 0.3) is 11.8 Å². The van der Waals surface area contributed by atoms with Gasteiger partial charge in [0, 0.05) is 56.0 Å². The lowest BCUT2D eigenvalue weighted by molar-refractivity contribution is -0.136. The number of piperidine rings is 3. The van der Waals surface area contributed by atoms with Crippen molar-refractivity contribution in [3.05, 3.63) is 64.7 Å². The van der Waals surface area contributed by atoms with Crippen LogP contribution in [0.25, 0.3) is 0 Å². The van der Waals surface area contributed by atoms with Gasteiger partial charge in [-0.1, -0.05) is 19.1 Å². The van der Waals surface area contributed by atoms with Gasteiger partial charge in [-0.25, -0.2) is 5.43 Å². The number of hydrazine groups is 1. The first-order valence-corrected chi connectivity index (χ1v) is 16.3. The highest BCUT2D eigenvalue weighted by Crippen LogP contribution is 2.33. The third-order valence-electron chi connectivity index (χ3n) is 9.81. The fraction of sp³-hybridized carbons (Fsp3) is 0.529. The average Bonchev–Trinajstić information content (AvgIpc) is 3.37. The zero-order valence-corrected chi connectivity index (χ0v) is 25.6. The number of nitrogens with zero attached hydrogens (tertiary/aromatic N) is 3. The first kappa shape index (κ1) is 30.3. The first-order chi connectivity index (χ1) is 21.4. The van der Waals surface area contributed by atoms with E-state index >= 15 is 0 Å². The maximum atomic E-state index is 13.0. The summed E-state index contributed by atoms with van der Waals surface area (Å²) >= 11 is 0. The van der Waals surface area contributed by atoms with Crippen LogP contribution in [0.2, 0.25) is 0 Å². The van der Waals surface area contributed by atoms with E-state index in [0.717, 1.165) is 82.6 Å². The molecule has 1 unspecified atom stereocenters. The van der Waals surface area contributed by atoms with Crippen molar-refractivity contribution in [3.8, 4) is 0 Å². The quantitative estimate of drug-likeness (QED) is 0.230. The van der Waals surface area contributed by atoms with Crippen molar-refractivity contribution in [2.75, 3.05) is 44.2 Å². The number of likely N-dealkylation sites (tertiary alicyclic amines) is 1. The molecule has 0 spiro atoms. The number of amides is 4. The van der Waals surface area contributed by atoms with E-state index in [1.807, 2.05) is 24.3 Å². The number of benzene rings is 2. The molecule has 44 heavy (non-hydrogen) atoms. The van der Waals surface area contributed by atoms with Crippen molar-refractivity contribution >= 4 is 29.3 Å². The molecule has 10 nitrogen and oxygen atoms in total. The van der Waals surface area contributed by atoms with Crippen LogP contribution in [0, 0.1) is 5.92 Å². The number of anilines is 1. The third kappa shape index (κ3) is 6.66. The number of nitrogens with one attached hydrogen (secondary N) is 3. The number of carbonyl (C=O) groups is 4. The highest BCUT2D eigenvalue weighted by Gasteiger charge is 2.39. The van der Waals surface area contributed by atoms with Gasteiger partial charge < -0.3 is 14.7 Å². The zero-order valence-electron chi connectivity index (χ0n) is 25.6. The third-order valence-corrected chi connectivity index (χ3v) is 9.81. The van der Waals surface area contributed by atoms with Crippen molar-refractivity contribution < 1.29 is 19.2 Å². The number of fused-ring (bicyclic) bond motifs is 1. The van der Waals surface area contributed by atoms with E-state index in [-0.39, 0.29) is 30.0 Å². The predicted molar refractivity (Wildman–Crippen MR) is 168 cm³/mol. The molecule has 4 aliphatic heterocycles. The minimum absolute atomic E-state index is 0.0893. The number of imide groups is 1. The van der Waals surface area contributed by atoms with E-state index in [1.54, 1.807) is 4.90 Å². The van der Waals surface area contributed by atoms with E-state index in [4.69, 9.17) is 0 Å². The summed E-state index contributed by atoms with van der Waals surface area (Å²) in [4.78, 5) is 55.9. The van der Waals surface area contributed by atoms with Gasteiger partial charge in [0.05, 0.1) is 0 Å². The molecule has 234 valence electrons. The molecular weight excluding hydrogens is 556 g/mol. The molecule has 10 heteroatoms. The van der Waals surface area contributed by atoms with Crippen LogP contribution in [0.15, 0.2) is 42.5 Å². The van der Waals surface area contributed by atoms with Gasteiger partial charge in [0.1, 0.15) is 6.04 Å². The average molecular weight is 601 g/mol. The minimum atomic E-state index is -0.580. The number of carbonyl (C=O) groups excluding carboxylic acids is 4. The van der Waals surface area contributed by atoms with Crippen molar-refractivity contribution in [1.82, 2.24) is 26.0 Å². The van der Waals surface area contributed by atoms with Crippen LogP contribution in [0.3, 0.4) is 0 Å². The summed E-state index contributed by atoms with van der Waals surface area (Å²) in [6.07, 6.45) is 6.20. The summed E-state index contributed by atoms with van der Waals surface area (Å²) in [5.41, 5.74) is 10.5. The Hall–Kier alpha value is -3.76. The fourth-order valence-corrected chi connectivity index (χ4v) is 7.19. The van der Waals surface area contributed by atoms with E-state index < -0.39 is 6.04 Å². The van der Waals surface area contributed by atoms with Gasteiger partial charge in [-0.05, 0) is 105 Å². The Morgan fingerprint density at radius 1 is 0.932 bits per heavy atom. The first-order valence-electron chi connectivity index (χ1n) is 16.3. The SMILES string of the molecule is CCCNNC(=O)c1ccc(C2CCN(CC3CCN(c4ccc5c(c4)CN(C4CCC(=O)NC4=O)C5=O)CC3)CC2)cc1. The Morgan fingerprint density at radius 3 is 2.39 bits per heavy atom. The predicted octanol–water partition coefficient (Wildman–Crippen LogP) is 3.19. The molecule has 4 amide bonds. The van der Waals surface area contributed by atoms with E-state index in [9.17, 15) is 19.2 Å². The van der Waals surface area contributed by atoms with Crippen LogP contribution < -0.4 is 21.1 Å². The molecule has 2 aromatic carbocycles. The van der Waals surface area contributed by atoms with Crippen molar-refractivity contribution in [1.29, 1.82) is 0 Å². The van der Waals surface area contributed by atoms with E-state index in [1.165, 1.54) is 5.56 Å². The Morgan fingerprint density at radius 2 is 1.68 bits per heavy atom.